The third-order valence-corrected chi connectivity index (χ3v) is 3.90. The summed E-state index contributed by atoms with van der Waals surface area (Å²) >= 11 is 5.58. The number of pyridine rings is 1. The Labute approximate surface area is 144 Å². The molecule has 0 saturated heterocycles. The summed E-state index contributed by atoms with van der Waals surface area (Å²) in [5.41, 5.74) is 2.29. The van der Waals surface area contributed by atoms with Crippen molar-refractivity contribution in [3.8, 4) is 0 Å². The molecular formula is C18H13N3O2S. The maximum atomic E-state index is 11.2. The van der Waals surface area contributed by atoms with Gasteiger partial charge in [-0.2, -0.15) is 0 Å². The molecule has 0 radical (unpaired) electrons. The van der Waals surface area contributed by atoms with Crippen LogP contribution in [0, 0.1) is 10.1 Å². The first-order valence-electron chi connectivity index (χ1n) is 7.22. The normalized spacial score (nSPS) is 10.2. The van der Waals surface area contributed by atoms with Crippen LogP contribution >= 0.6 is 12.2 Å². The van der Waals surface area contributed by atoms with Gasteiger partial charge in [-0.3, -0.25) is 10.1 Å². The van der Waals surface area contributed by atoms with Gasteiger partial charge in [0.25, 0.3) is 0 Å². The van der Waals surface area contributed by atoms with Crippen LogP contribution in [0.15, 0.2) is 72.9 Å². The van der Waals surface area contributed by atoms with E-state index in [4.69, 9.17) is 12.2 Å². The number of anilines is 2. The maximum Gasteiger partial charge on any atom is 0.311 e. The minimum atomic E-state index is -0.465. The number of hydrogen-bond acceptors (Lipinski definition) is 5. The molecule has 0 aliphatic heterocycles. The van der Waals surface area contributed by atoms with E-state index in [0.29, 0.717) is 10.6 Å². The Balaban J connectivity index is 1.99. The van der Waals surface area contributed by atoms with E-state index in [0.717, 1.165) is 11.1 Å². The van der Waals surface area contributed by atoms with Gasteiger partial charge in [0.1, 0.15) is 0 Å². The Morgan fingerprint density at radius 1 is 1.00 bits per heavy atom. The summed E-state index contributed by atoms with van der Waals surface area (Å²) in [5.74, 6) is 0.186. The second-order valence-corrected chi connectivity index (χ2v) is 5.40. The fourth-order valence-corrected chi connectivity index (χ4v) is 2.62. The van der Waals surface area contributed by atoms with Crippen LogP contribution in [-0.4, -0.2) is 14.8 Å². The Hall–Kier alpha value is -3.12. The molecule has 5 nitrogen and oxygen atoms in total. The van der Waals surface area contributed by atoms with Crippen LogP contribution in [-0.2, 0) is 0 Å². The zero-order chi connectivity index (χ0) is 16.9. The zero-order valence-corrected chi connectivity index (χ0v) is 13.4. The molecule has 0 fully saturated rings. The van der Waals surface area contributed by atoms with Gasteiger partial charge in [-0.25, -0.2) is 4.98 Å². The summed E-state index contributed by atoms with van der Waals surface area (Å²) in [5, 5.41) is 14.2. The van der Waals surface area contributed by atoms with Crippen LogP contribution < -0.4 is 5.32 Å². The molecule has 0 unspecified atom stereocenters. The van der Waals surface area contributed by atoms with Crippen LogP contribution in [0.25, 0.3) is 0 Å². The zero-order valence-electron chi connectivity index (χ0n) is 12.5. The van der Waals surface area contributed by atoms with E-state index in [1.165, 1.54) is 18.3 Å². The molecular weight excluding hydrogens is 322 g/mol. The molecule has 0 amide bonds. The van der Waals surface area contributed by atoms with Crippen molar-refractivity contribution in [3.05, 3.63) is 94.2 Å². The quantitative estimate of drug-likeness (QED) is 0.322. The van der Waals surface area contributed by atoms with E-state index in [1.807, 2.05) is 54.6 Å². The number of nitrogens with one attached hydrogen (secondary N) is 1. The molecule has 0 atom stereocenters. The van der Waals surface area contributed by atoms with Crippen LogP contribution in [0.1, 0.15) is 11.1 Å². The number of benzene rings is 2. The van der Waals surface area contributed by atoms with E-state index >= 15 is 0 Å². The predicted molar refractivity (Wildman–Crippen MR) is 97.9 cm³/mol. The van der Waals surface area contributed by atoms with Crippen molar-refractivity contribution >= 4 is 34.3 Å². The monoisotopic (exact) mass is 335 g/mol. The number of nitrogens with zero attached hydrogens (tertiary/aromatic N) is 2. The highest BCUT2D eigenvalue weighted by molar-refractivity contribution is 7.81. The van der Waals surface area contributed by atoms with E-state index in [1.54, 1.807) is 0 Å². The lowest BCUT2D eigenvalue weighted by Gasteiger charge is -2.12. The molecule has 0 aliphatic rings. The van der Waals surface area contributed by atoms with Crippen molar-refractivity contribution in [2.24, 2.45) is 0 Å². The van der Waals surface area contributed by atoms with Crippen molar-refractivity contribution < 1.29 is 4.92 Å². The van der Waals surface area contributed by atoms with Crippen LogP contribution in [0.4, 0.5) is 17.2 Å². The van der Waals surface area contributed by atoms with Crippen molar-refractivity contribution in [2.45, 2.75) is 0 Å². The van der Waals surface area contributed by atoms with Gasteiger partial charge in [0, 0.05) is 23.5 Å². The first-order valence-corrected chi connectivity index (χ1v) is 7.63. The molecule has 0 bridgehead atoms. The maximum absolute atomic E-state index is 11.2. The van der Waals surface area contributed by atoms with E-state index in [-0.39, 0.29) is 11.5 Å². The van der Waals surface area contributed by atoms with Gasteiger partial charge in [0.15, 0.2) is 0 Å². The highest BCUT2D eigenvalue weighted by atomic mass is 32.1. The summed E-state index contributed by atoms with van der Waals surface area (Å²) in [6, 6.07) is 20.0. The molecule has 118 valence electrons. The molecule has 1 aromatic heterocycles. The number of nitro groups is 1. The van der Waals surface area contributed by atoms with Gasteiger partial charge < -0.3 is 5.32 Å². The molecule has 0 aliphatic carbocycles. The molecule has 0 saturated carbocycles. The molecule has 3 aromatic rings. The number of para-hydroxylation sites is 1. The smallest absolute Gasteiger partial charge is 0.311 e. The Morgan fingerprint density at radius 2 is 1.71 bits per heavy atom. The highest BCUT2D eigenvalue weighted by Gasteiger charge is 2.16. The summed E-state index contributed by atoms with van der Waals surface area (Å²) in [4.78, 5) is 15.4. The SMILES string of the molecule is O=[N+]([O-])c1cccnc1Nc1ccccc1C(=S)c1ccccc1. The Morgan fingerprint density at radius 3 is 2.46 bits per heavy atom. The van der Waals surface area contributed by atoms with Crippen LogP contribution in [0.2, 0.25) is 0 Å². The third-order valence-electron chi connectivity index (χ3n) is 3.44. The average Bonchev–Trinajstić information content (AvgIpc) is 2.62. The van der Waals surface area contributed by atoms with Gasteiger partial charge in [-0.1, -0.05) is 60.7 Å². The van der Waals surface area contributed by atoms with E-state index in [2.05, 4.69) is 10.3 Å². The minimum Gasteiger partial charge on any atom is -0.334 e. The molecule has 1 heterocycles. The summed E-state index contributed by atoms with van der Waals surface area (Å²) < 4.78 is 0. The Bertz CT molecular complexity index is 898. The predicted octanol–water partition coefficient (Wildman–Crippen LogP) is 4.50. The second kappa shape index (κ2) is 6.97. The highest BCUT2D eigenvalue weighted by Crippen LogP contribution is 2.28. The van der Waals surface area contributed by atoms with Gasteiger partial charge in [0.05, 0.1) is 9.79 Å². The van der Waals surface area contributed by atoms with Crippen molar-refractivity contribution in [1.82, 2.24) is 4.98 Å². The number of thiocarbonyl (C=S) groups is 1. The van der Waals surface area contributed by atoms with Gasteiger partial charge in [0.2, 0.25) is 5.82 Å². The largest absolute Gasteiger partial charge is 0.334 e. The van der Waals surface area contributed by atoms with Gasteiger partial charge >= 0.3 is 5.69 Å². The average molecular weight is 335 g/mol. The number of aromatic nitrogens is 1. The lowest BCUT2D eigenvalue weighted by Crippen LogP contribution is -2.06. The van der Waals surface area contributed by atoms with Crippen LogP contribution in [0.3, 0.4) is 0 Å². The summed E-state index contributed by atoms with van der Waals surface area (Å²) in [6.45, 7) is 0. The number of rotatable bonds is 5. The van der Waals surface area contributed by atoms with Crippen molar-refractivity contribution in [3.63, 3.8) is 0 Å². The summed E-state index contributed by atoms with van der Waals surface area (Å²) in [7, 11) is 0. The molecule has 6 heteroatoms. The first-order chi connectivity index (χ1) is 11.7. The molecule has 24 heavy (non-hydrogen) atoms. The fraction of sp³-hybridized carbons (Fsp3) is 0. The number of hydrogen-bond donors (Lipinski definition) is 1. The van der Waals surface area contributed by atoms with Gasteiger partial charge in [-0.05, 0) is 17.7 Å². The first kappa shape index (κ1) is 15.8. The van der Waals surface area contributed by atoms with Gasteiger partial charge in [-0.15, -0.1) is 0 Å². The lowest BCUT2D eigenvalue weighted by atomic mass is 10.0. The van der Waals surface area contributed by atoms with Crippen molar-refractivity contribution in [2.75, 3.05) is 5.32 Å². The molecule has 2 aromatic carbocycles. The topological polar surface area (TPSA) is 68.1 Å². The second-order valence-electron chi connectivity index (χ2n) is 4.99. The molecule has 0 spiro atoms. The summed E-state index contributed by atoms with van der Waals surface area (Å²) in [6.07, 6.45) is 1.51. The minimum absolute atomic E-state index is 0.0852. The molecule has 1 N–H and O–H groups in total. The third kappa shape index (κ3) is 3.28. The molecule has 3 rings (SSSR count). The van der Waals surface area contributed by atoms with Crippen LogP contribution in [0.5, 0.6) is 0 Å². The van der Waals surface area contributed by atoms with E-state index < -0.39 is 4.92 Å². The Kier molecular flexibility index (Phi) is 4.58. The fourth-order valence-electron chi connectivity index (χ4n) is 2.30. The standard InChI is InChI=1S/C18H13N3O2S/c22-21(23)16-11-6-12-19-18(16)20-15-10-5-4-9-14(15)17(24)13-7-2-1-3-8-13/h1-12H,(H,19,20). The lowest BCUT2D eigenvalue weighted by molar-refractivity contribution is -0.384. The van der Waals surface area contributed by atoms with Crippen molar-refractivity contribution in [1.29, 1.82) is 0 Å². The van der Waals surface area contributed by atoms with E-state index in [9.17, 15) is 10.1 Å².